The van der Waals surface area contributed by atoms with Crippen LogP contribution in [0.2, 0.25) is 0 Å². The van der Waals surface area contributed by atoms with Gasteiger partial charge in [0.1, 0.15) is 11.6 Å². The van der Waals surface area contributed by atoms with Crippen molar-refractivity contribution in [2.45, 2.75) is 51.5 Å². The molecule has 2 aromatic rings. The number of amides is 1. The first kappa shape index (κ1) is 16.6. The lowest BCUT2D eigenvalue weighted by Crippen LogP contribution is -2.42. The number of aryl methyl sites for hydroxylation is 2. The van der Waals surface area contributed by atoms with Gasteiger partial charge in [-0.05, 0) is 57.7 Å². The predicted molar refractivity (Wildman–Crippen MR) is 90.0 cm³/mol. The molecule has 0 saturated heterocycles. The van der Waals surface area contributed by atoms with Crippen molar-refractivity contribution in [2.75, 3.05) is 0 Å². The van der Waals surface area contributed by atoms with E-state index in [4.69, 9.17) is 0 Å². The summed E-state index contributed by atoms with van der Waals surface area (Å²) in [4.78, 5) is 21.6. The summed E-state index contributed by atoms with van der Waals surface area (Å²) < 4.78 is 13.5. The van der Waals surface area contributed by atoms with E-state index < -0.39 is 5.41 Å². The summed E-state index contributed by atoms with van der Waals surface area (Å²) in [5.74, 6) is 0.299. The van der Waals surface area contributed by atoms with Crippen LogP contribution in [0.1, 0.15) is 55.4 Å². The molecule has 126 valence electrons. The van der Waals surface area contributed by atoms with E-state index in [1.165, 1.54) is 12.1 Å². The Bertz CT molecular complexity index is 773. The number of hydrogen-bond donors (Lipinski definition) is 1. The Morgan fingerprint density at radius 3 is 2.92 bits per heavy atom. The highest BCUT2D eigenvalue weighted by atomic mass is 19.1. The van der Waals surface area contributed by atoms with Gasteiger partial charge in [-0.2, -0.15) is 0 Å². The number of halogens is 1. The standard InChI is InChI=1S/C19H22FN3O/c1-12-21-11-15-16(22-12)8-5-9-17(15)23-18(24)19(2,3)13-6-4-7-14(20)10-13/h4,6-7,10-11,17H,5,8-9H2,1-3H3,(H,23,24)/t17-/m1/s1. The Morgan fingerprint density at radius 1 is 1.38 bits per heavy atom. The fraction of sp³-hybridized carbons (Fsp3) is 0.421. The van der Waals surface area contributed by atoms with Crippen LogP contribution in [-0.4, -0.2) is 15.9 Å². The van der Waals surface area contributed by atoms with Gasteiger partial charge in [0, 0.05) is 17.5 Å². The molecule has 1 amide bonds. The first-order chi connectivity index (χ1) is 11.4. The van der Waals surface area contributed by atoms with Crippen LogP contribution in [0, 0.1) is 12.7 Å². The first-order valence-electron chi connectivity index (χ1n) is 8.27. The second kappa shape index (κ2) is 6.30. The molecule has 1 aliphatic rings. The second-order valence-corrected chi connectivity index (χ2v) is 6.87. The predicted octanol–water partition coefficient (Wildman–Crippen LogP) is 3.40. The molecule has 0 bridgehead atoms. The van der Waals surface area contributed by atoms with E-state index in [2.05, 4.69) is 15.3 Å². The molecular weight excluding hydrogens is 305 g/mol. The maximum Gasteiger partial charge on any atom is 0.230 e. The number of carbonyl (C=O) groups excluding carboxylic acids is 1. The molecule has 1 aromatic heterocycles. The van der Waals surface area contributed by atoms with Crippen molar-refractivity contribution in [3.05, 3.63) is 58.9 Å². The van der Waals surface area contributed by atoms with Gasteiger partial charge in [-0.25, -0.2) is 14.4 Å². The summed E-state index contributed by atoms with van der Waals surface area (Å²) in [6.07, 6.45) is 4.58. The molecule has 0 spiro atoms. The zero-order valence-corrected chi connectivity index (χ0v) is 14.3. The summed E-state index contributed by atoms with van der Waals surface area (Å²) in [6, 6.07) is 6.13. The van der Waals surface area contributed by atoms with Crippen molar-refractivity contribution in [1.29, 1.82) is 0 Å². The van der Waals surface area contributed by atoms with Gasteiger partial charge in [0.15, 0.2) is 0 Å². The van der Waals surface area contributed by atoms with Gasteiger partial charge < -0.3 is 5.32 Å². The van der Waals surface area contributed by atoms with Gasteiger partial charge in [-0.15, -0.1) is 0 Å². The topological polar surface area (TPSA) is 54.9 Å². The average molecular weight is 327 g/mol. The molecule has 0 fully saturated rings. The Labute approximate surface area is 141 Å². The summed E-state index contributed by atoms with van der Waals surface area (Å²) in [5, 5.41) is 3.11. The van der Waals surface area contributed by atoms with Crippen LogP contribution in [-0.2, 0) is 16.6 Å². The average Bonchev–Trinajstić information content (AvgIpc) is 2.54. The molecule has 0 radical (unpaired) electrons. The fourth-order valence-electron chi connectivity index (χ4n) is 3.14. The second-order valence-electron chi connectivity index (χ2n) is 6.87. The molecule has 3 rings (SSSR count). The molecule has 1 heterocycles. The van der Waals surface area contributed by atoms with E-state index >= 15 is 0 Å². The zero-order chi connectivity index (χ0) is 17.3. The number of fused-ring (bicyclic) bond motifs is 1. The molecule has 1 N–H and O–H groups in total. The maximum atomic E-state index is 13.5. The van der Waals surface area contributed by atoms with Crippen molar-refractivity contribution < 1.29 is 9.18 Å². The summed E-state index contributed by atoms with van der Waals surface area (Å²) in [5.41, 5.74) is 1.86. The minimum Gasteiger partial charge on any atom is -0.348 e. The van der Waals surface area contributed by atoms with E-state index in [1.54, 1.807) is 12.1 Å². The fourth-order valence-corrected chi connectivity index (χ4v) is 3.14. The van der Waals surface area contributed by atoms with Crippen LogP contribution in [0.5, 0.6) is 0 Å². The van der Waals surface area contributed by atoms with Crippen LogP contribution in [0.25, 0.3) is 0 Å². The van der Waals surface area contributed by atoms with Gasteiger partial charge >= 0.3 is 0 Å². The Hall–Kier alpha value is -2.30. The Morgan fingerprint density at radius 2 is 2.17 bits per heavy atom. The lowest BCUT2D eigenvalue weighted by Gasteiger charge is -2.30. The lowest BCUT2D eigenvalue weighted by atomic mass is 9.82. The van der Waals surface area contributed by atoms with Crippen molar-refractivity contribution in [3.63, 3.8) is 0 Å². The third kappa shape index (κ3) is 3.16. The number of hydrogen-bond acceptors (Lipinski definition) is 3. The monoisotopic (exact) mass is 327 g/mol. The third-order valence-electron chi connectivity index (χ3n) is 4.72. The number of carbonyl (C=O) groups is 1. The highest BCUT2D eigenvalue weighted by Crippen LogP contribution is 2.30. The molecular formula is C19H22FN3O. The minimum absolute atomic E-state index is 0.0883. The zero-order valence-electron chi connectivity index (χ0n) is 14.3. The number of nitrogens with zero attached hydrogens (tertiary/aromatic N) is 2. The highest BCUT2D eigenvalue weighted by Gasteiger charge is 2.33. The van der Waals surface area contributed by atoms with Crippen LogP contribution >= 0.6 is 0 Å². The van der Waals surface area contributed by atoms with E-state index in [1.807, 2.05) is 27.0 Å². The van der Waals surface area contributed by atoms with E-state index in [0.717, 1.165) is 36.3 Å². The van der Waals surface area contributed by atoms with E-state index in [9.17, 15) is 9.18 Å². The SMILES string of the molecule is Cc1ncc2c(n1)CCC[C@H]2NC(=O)C(C)(C)c1cccc(F)c1. The van der Waals surface area contributed by atoms with Crippen molar-refractivity contribution in [3.8, 4) is 0 Å². The smallest absolute Gasteiger partial charge is 0.230 e. The largest absolute Gasteiger partial charge is 0.348 e. The number of nitrogens with one attached hydrogen (secondary N) is 1. The summed E-state index contributed by atoms with van der Waals surface area (Å²) >= 11 is 0. The molecule has 24 heavy (non-hydrogen) atoms. The molecule has 5 heteroatoms. The Kier molecular flexibility index (Phi) is 4.35. The molecule has 1 aliphatic carbocycles. The highest BCUT2D eigenvalue weighted by molar-refractivity contribution is 5.87. The van der Waals surface area contributed by atoms with Gasteiger partial charge in [-0.3, -0.25) is 4.79 Å². The normalized spacial score (nSPS) is 17.2. The van der Waals surface area contributed by atoms with Crippen LogP contribution in [0.3, 0.4) is 0 Å². The number of aromatic nitrogens is 2. The summed E-state index contributed by atoms with van der Waals surface area (Å²) in [7, 11) is 0. The molecule has 1 atom stereocenters. The maximum absolute atomic E-state index is 13.5. The van der Waals surface area contributed by atoms with Crippen LogP contribution in [0.15, 0.2) is 30.5 Å². The third-order valence-corrected chi connectivity index (χ3v) is 4.72. The molecule has 0 unspecified atom stereocenters. The van der Waals surface area contributed by atoms with Crippen molar-refractivity contribution in [1.82, 2.24) is 15.3 Å². The minimum atomic E-state index is -0.814. The molecule has 0 saturated carbocycles. The van der Waals surface area contributed by atoms with Crippen LogP contribution < -0.4 is 5.32 Å². The van der Waals surface area contributed by atoms with Crippen molar-refractivity contribution in [2.24, 2.45) is 0 Å². The molecule has 4 nitrogen and oxygen atoms in total. The summed E-state index contributed by atoms with van der Waals surface area (Å²) in [6.45, 7) is 5.49. The quantitative estimate of drug-likeness (QED) is 0.940. The van der Waals surface area contributed by atoms with E-state index in [0.29, 0.717) is 5.56 Å². The Balaban J connectivity index is 1.83. The molecule has 1 aromatic carbocycles. The van der Waals surface area contributed by atoms with E-state index in [-0.39, 0.29) is 17.8 Å². The van der Waals surface area contributed by atoms with Crippen molar-refractivity contribution >= 4 is 5.91 Å². The van der Waals surface area contributed by atoms with Gasteiger partial charge in [0.2, 0.25) is 5.91 Å². The molecule has 0 aliphatic heterocycles. The number of rotatable bonds is 3. The van der Waals surface area contributed by atoms with Gasteiger partial charge in [0.05, 0.1) is 11.5 Å². The first-order valence-corrected chi connectivity index (χ1v) is 8.27. The van der Waals surface area contributed by atoms with Gasteiger partial charge in [-0.1, -0.05) is 12.1 Å². The van der Waals surface area contributed by atoms with Crippen LogP contribution in [0.4, 0.5) is 4.39 Å². The van der Waals surface area contributed by atoms with Gasteiger partial charge in [0.25, 0.3) is 0 Å². The number of benzene rings is 1. The lowest BCUT2D eigenvalue weighted by molar-refractivity contribution is -0.126.